The molecule has 134 valence electrons. The van der Waals surface area contributed by atoms with E-state index in [-0.39, 0.29) is 24.3 Å². The van der Waals surface area contributed by atoms with Gasteiger partial charge in [0, 0.05) is 5.56 Å². The summed E-state index contributed by atoms with van der Waals surface area (Å²) in [5.74, 6) is -2.66. The first-order valence-corrected chi connectivity index (χ1v) is 8.22. The smallest absolute Gasteiger partial charge is 0.276 e. The van der Waals surface area contributed by atoms with E-state index >= 15 is 0 Å². The molecule has 1 aromatic rings. The molecule has 0 aromatic heterocycles. The van der Waals surface area contributed by atoms with Crippen LogP contribution in [0.1, 0.15) is 50.4 Å². The maximum absolute atomic E-state index is 13.0. The van der Waals surface area contributed by atoms with Gasteiger partial charge in [0.1, 0.15) is 11.2 Å². The van der Waals surface area contributed by atoms with Gasteiger partial charge in [0.2, 0.25) is 5.91 Å². The Morgan fingerprint density at radius 3 is 2.32 bits per heavy atom. The third kappa shape index (κ3) is 3.45. The molecule has 0 spiro atoms. The minimum atomic E-state index is -1.45. The molecule has 1 N–H and O–H groups in total. The normalized spacial score (nSPS) is 20.8. The lowest BCUT2D eigenvalue weighted by atomic mass is 9.75. The van der Waals surface area contributed by atoms with Crippen molar-refractivity contribution in [1.29, 1.82) is 0 Å². The number of imide groups is 4. The average Bonchev–Trinajstić information content (AvgIpc) is 2.55. The molecule has 25 heavy (non-hydrogen) atoms. The minimum Gasteiger partial charge on any atom is -0.276 e. The van der Waals surface area contributed by atoms with Gasteiger partial charge in [-0.15, -0.1) is 0 Å². The molecule has 6 nitrogen and oxygen atoms in total. The number of nitrogens with zero attached hydrogens (tertiary/aromatic N) is 1. The van der Waals surface area contributed by atoms with E-state index in [1.54, 1.807) is 6.92 Å². The fraction of sp³-hybridized carbons (Fsp3) is 0.444. The van der Waals surface area contributed by atoms with E-state index in [1.165, 1.54) is 12.1 Å². The highest BCUT2D eigenvalue weighted by molar-refractivity contribution is 6.27. The molecule has 1 atom stereocenters. The molecule has 0 saturated carbocycles. The van der Waals surface area contributed by atoms with Crippen LogP contribution in [0.5, 0.6) is 0 Å². The quantitative estimate of drug-likeness (QED) is 0.655. The number of carbonyl (C=O) groups is 4. The molecule has 5 amide bonds. The minimum absolute atomic E-state index is 0.00638. The molecule has 0 unspecified atom stereocenters. The van der Waals surface area contributed by atoms with Crippen molar-refractivity contribution >= 4 is 23.8 Å². The second kappa shape index (κ2) is 7.13. The number of rotatable bonds is 5. The van der Waals surface area contributed by atoms with Crippen molar-refractivity contribution in [1.82, 2.24) is 10.2 Å². The number of hydrogen-bond acceptors (Lipinski definition) is 4. The van der Waals surface area contributed by atoms with Crippen molar-refractivity contribution in [2.24, 2.45) is 11.3 Å². The number of carbonyl (C=O) groups excluding carboxylic acids is 4. The third-order valence-electron chi connectivity index (χ3n) is 4.52. The zero-order valence-electron chi connectivity index (χ0n) is 14.5. The number of nitrogens with one attached hydrogen (secondary N) is 1. The second-order valence-corrected chi connectivity index (χ2v) is 6.58. The van der Waals surface area contributed by atoms with Crippen LogP contribution in [0.3, 0.4) is 0 Å². The summed E-state index contributed by atoms with van der Waals surface area (Å²) < 4.78 is 13.0. The number of hydrogen-bond donors (Lipinski definition) is 1. The third-order valence-corrected chi connectivity index (χ3v) is 4.52. The lowest BCUT2D eigenvalue weighted by molar-refractivity contribution is -0.150. The first-order chi connectivity index (χ1) is 11.7. The van der Waals surface area contributed by atoms with Crippen LogP contribution in [-0.2, 0) is 9.59 Å². The van der Waals surface area contributed by atoms with Crippen LogP contribution in [0.25, 0.3) is 0 Å². The molecule has 0 radical (unpaired) electrons. The fourth-order valence-electron chi connectivity index (χ4n) is 2.83. The predicted octanol–water partition coefficient (Wildman–Crippen LogP) is 2.88. The molecule has 2 rings (SSSR count). The fourth-order valence-corrected chi connectivity index (χ4v) is 2.83. The van der Waals surface area contributed by atoms with E-state index in [1.807, 2.05) is 13.8 Å². The van der Waals surface area contributed by atoms with Crippen LogP contribution >= 0.6 is 0 Å². The summed E-state index contributed by atoms with van der Waals surface area (Å²) in [6.07, 6.45) is 1.01. The van der Waals surface area contributed by atoms with Crippen LogP contribution in [0.4, 0.5) is 9.18 Å². The first-order valence-electron chi connectivity index (χ1n) is 8.22. The number of barbiturate groups is 1. The molecule has 1 heterocycles. The predicted molar refractivity (Wildman–Crippen MR) is 87.9 cm³/mol. The van der Waals surface area contributed by atoms with Crippen molar-refractivity contribution in [3.8, 4) is 0 Å². The Balaban J connectivity index is 2.38. The standard InChI is InChI=1S/C18H21FN2O4/c1-4-18(10-9-11(2)3)15(23)20-17(25)21(16(18)24)14(22)12-5-7-13(19)8-6-12/h5-8,11H,4,9-10H2,1-3H3,(H,20,23,25)/t18-/m1/s1. The van der Waals surface area contributed by atoms with Crippen LogP contribution < -0.4 is 5.32 Å². The first kappa shape index (κ1) is 18.8. The van der Waals surface area contributed by atoms with Crippen molar-refractivity contribution in [3.63, 3.8) is 0 Å². The van der Waals surface area contributed by atoms with Crippen LogP contribution in [-0.4, -0.2) is 28.7 Å². The number of halogens is 1. The molecule has 0 aliphatic carbocycles. The highest BCUT2D eigenvalue weighted by atomic mass is 19.1. The highest BCUT2D eigenvalue weighted by Gasteiger charge is 2.54. The van der Waals surface area contributed by atoms with Gasteiger partial charge in [-0.1, -0.05) is 20.8 Å². The van der Waals surface area contributed by atoms with E-state index in [4.69, 9.17) is 0 Å². The summed E-state index contributed by atoms with van der Waals surface area (Å²) in [4.78, 5) is 50.5. The van der Waals surface area contributed by atoms with Crippen molar-refractivity contribution in [2.45, 2.75) is 40.0 Å². The van der Waals surface area contributed by atoms with Gasteiger partial charge in [0.25, 0.3) is 11.8 Å². The zero-order valence-corrected chi connectivity index (χ0v) is 14.5. The number of benzene rings is 1. The van der Waals surface area contributed by atoms with E-state index in [0.717, 1.165) is 12.1 Å². The molecule has 7 heteroatoms. The largest absolute Gasteiger partial charge is 0.338 e. The molecular formula is C18H21FN2O4. The Morgan fingerprint density at radius 1 is 1.20 bits per heavy atom. The van der Waals surface area contributed by atoms with Gasteiger partial charge in [-0.25, -0.2) is 9.18 Å². The Labute approximate surface area is 145 Å². The average molecular weight is 348 g/mol. The molecule has 1 aliphatic heterocycles. The lowest BCUT2D eigenvalue weighted by Crippen LogP contribution is -2.65. The van der Waals surface area contributed by atoms with Gasteiger partial charge >= 0.3 is 6.03 Å². The lowest BCUT2D eigenvalue weighted by Gasteiger charge is -2.38. The molecule has 1 fully saturated rings. The number of urea groups is 1. The Bertz CT molecular complexity index is 714. The zero-order chi connectivity index (χ0) is 18.8. The molecule has 1 saturated heterocycles. The van der Waals surface area contributed by atoms with Crippen LogP contribution in [0.2, 0.25) is 0 Å². The summed E-state index contributed by atoms with van der Waals surface area (Å²) in [6, 6.07) is 3.44. The topological polar surface area (TPSA) is 83.6 Å². The summed E-state index contributed by atoms with van der Waals surface area (Å²) >= 11 is 0. The van der Waals surface area contributed by atoms with Gasteiger partial charge in [-0.05, 0) is 49.4 Å². The van der Waals surface area contributed by atoms with E-state index in [9.17, 15) is 23.6 Å². The Morgan fingerprint density at radius 2 is 1.80 bits per heavy atom. The van der Waals surface area contributed by atoms with E-state index < -0.39 is 35.0 Å². The van der Waals surface area contributed by atoms with Crippen molar-refractivity contribution < 1.29 is 23.6 Å². The molecule has 1 aromatic carbocycles. The van der Waals surface area contributed by atoms with E-state index in [2.05, 4.69) is 5.32 Å². The van der Waals surface area contributed by atoms with Gasteiger partial charge < -0.3 is 0 Å². The van der Waals surface area contributed by atoms with Crippen molar-refractivity contribution in [3.05, 3.63) is 35.6 Å². The SMILES string of the molecule is CC[C@@]1(CCC(C)C)C(=O)NC(=O)N(C(=O)c2ccc(F)cc2)C1=O. The van der Waals surface area contributed by atoms with Crippen LogP contribution in [0, 0.1) is 17.2 Å². The Kier molecular flexibility index (Phi) is 5.35. The summed E-state index contributed by atoms with van der Waals surface area (Å²) in [5.41, 5.74) is -1.46. The van der Waals surface area contributed by atoms with Gasteiger partial charge in [-0.3, -0.25) is 19.7 Å². The summed E-state index contributed by atoms with van der Waals surface area (Å²) in [5, 5.41) is 2.12. The monoisotopic (exact) mass is 348 g/mol. The Hall–Kier alpha value is -2.57. The van der Waals surface area contributed by atoms with Gasteiger partial charge in [0.15, 0.2) is 0 Å². The molecular weight excluding hydrogens is 327 g/mol. The highest BCUT2D eigenvalue weighted by Crippen LogP contribution is 2.35. The van der Waals surface area contributed by atoms with Crippen molar-refractivity contribution in [2.75, 3.05) is 0 Å². The summed E-state index contributed by atoms with van der Waals surface area (Å²) in [7, 11) is 0. The van der Waals surface area contributed by atoms with E-state index in [0.29, 0.717) is 11.3 Å². The van der Waals surface area contributed by atoms with Crippen LogP contribution in [0.15, 0.2) is 24.3 Å². The summed E-state index contributed by atoms with van der Waals surface area (Å²) in [6.45, 7) is 5.59. The molecule has 0 bridgehead atoms. The second-order valence-electron chi connectivity index (χ2n) is 6.58. The van der Waals surface area contributed by atoms with Gasteiger partial charge in [-0.2, -0.15) is 4.90 Å². The maximum atomic E-state index is 13.0. The van der Waals surface area contributed by atoms with Gasteiger partial charge in [0.05, 0.1) is 0 Å². The molecule has 1 aliphatic rings. The number of amides is 5. The maximum Gasteiger partial charge on any atom is 0.338 e.